The summed E-state index contributed by atoms with van der Waals surface area (Å²) in [7, 11) is 0. The van der Waals surface area contributed by atoms with E-state index in [0.29, 0.717) is 25.7 Å². The van der Waals surface area contributed by atoms with Gasteiger partial charge in [-0.2, -0.15) is 0 Å². The molecule has 0 aromatic carbocycles. The van der Waals surface area contributed by atoms with Crippen molar-refractivity contribution < 1.29 is 76.9 Å². The van der Waals surface area contributed by atoms with E-state index < -0.39 is 82.0 Å². The average molecular weight is 751 g/mol. The van der Waals surface area contributed by atoms with Crippen LogP contribution in [0.4, 0.5) is 0 Å². The maximum absolute atomic E-state index is 12.8. The molecule has 2 unspecified atom stereocenters. The Morgan fingerprint density at radius 1 is 0.481 bits per heavy atom. The number of allylic oxidation sites excluding steroid dienone is 8. The van der Waals surface area contributed by atoms with Crippen molar-refractivity contribution in [1.29, 1.82) is 0 Å². The predicted molar refractivity (Wildman–Crippen MR) is 176 cm³/mol. The van der Waals surface area contributed by atoms with Crippen LogP contribution < -0.4 is 10.2 Å². The van der Waals surface area contributed by atoms with Crippen LogP contribution in [-0.2, 0) is 66.7 Å². The van der Waals surface area contributed by atoms with E-state index in [-0.39, 0.29) is 36.8 Å². The highest BCUT2D eigenvalue weighted by Gasteiger charge is 2.56. The van der Waals surface area contributed by atoms with Crippen LogP contribution in [-0.4, -0.2) is 59.0 Å². The topological polar surface area (TPSA) is 222 Å². The monoisotopic (exact) mass is 750 g/mol. The van der Waals surface area contributed by atoms with Crippen LogP contribution in [0.3, 0.4) is 0 Å². The molecule has 54 heavy (non-hydrogen) atoms. The van der Waals surface area contributed by atoms with Crippen molar-refractivity contribution >= 4 is 35.8 Å². The van der Waals surface area contributed by atoms with Gasteiger partial charge in [-0.3, -0.25) is 0 Å². The smallest absolute Gasteiger partial charge is 0.348 e. The lowest BCUT2D eigenvalue weighted by molar-refractivity contribution is -0.397. The van der Waals surface area contributed by atoms with Crippen LogP contribution in [0.25, 0.3) is 0 Å². The summed E-state index contributed by atoms with van der Waals surface area (Å²) in [5.41, 5.74) is -1.51. The van der Waals surface area contributed by atoms with Gasteiger partial charge < -0.3 is 48.1 Å². The number of cyclic esters (lactones) is 2. The van der Waals surface area contributed by atoms with Crippen molar-refractivity contribution in [2.75, 3.05) is 0 Å². The van der Waals surface area contributed by atoms with E-state index in [1.165, 1.54) is 62.5 Å². The standard InChI is InChI=1S/C38H40O16/c1-5-17-35(3)47-27(39)23(28(40)48-35)13-9-7-11-15-25-31(43)51-37(52-32(25)44)19-21-38(22-20-37)53-33(45)26(34(46)54-38)16-12-8-10-14-24-29(41)49-36(4,18-6-2)50-30(24)42/h7-16,39,41H,5-6,17-22H2,1-4H3/p-2. The third-order valence-electron chi connectivity index (χ3n) is 8.79. The first-order chi connectivity index (χ1) is 25.5. The Bertz CT molecular complexity index is 1680. The molecule has 0 radical (unpaired) electrons. The summed E-state index contributed by atoms with van der Waals surface area (Å²) in [6.07, 6.45) is 13.9. The molecule has 5 aliphatic rings. The molecule has 2 saturated heterocycles. The minimum Gasteiger partial charge on any atom is -0.574 e. The molecule has 0 bridgehead atoms. The van der Waals surface area contributed by atoms with Crippen molar-refractivity contribution in [3.8, 4) is 0 Å². The van der Waals surface area contributed by atoms with Gasteiger partial charge in [0.05, 0.1) is 23.0 Å². The summed E-state index contributed by atoms with van der Waals surface area (Å²) in [5.74, 6) is -13.3. The van der Waals surface area contributed by atoms with E-state index in [9.17, 15) is 39.0 Å². The summed E-state index contributed by atoms with van der Waals surface area (Å²) in [4.78, 5) is 75.8. The van der Waals surface area contributed by atoms with Crippen molar-refractivity contribution in [2.24, 2.45) is 0 Å². The maximum Gasteiger partial charge on any atom is 0.348 e. The second kappa shape index (κ2) is 15.5. The molecule has 16 nitrogen and oxygen atoms in total. The van der Waals surface area contributed by atoms with E-state index >= 15 is 0 Å². The molecule has 1 aliphatic carbocycles. The first-order valence-electron chi connectivity index (χ1n) is 17.3. The molecule has 0 amide bonds. The molecule has 0 aromatic rings. The average Bonchev–Trinajstić information content (AvgIpc) is 3.06. The van der Waals surface area contributed by atoms with E-state index in [1.54, 1.807) is 0 Å². The minimum atomic E-state index is -1.68. The Morgan fingerprint density at radius 2 is 0.815 bits per heavy atom. The zero-order chi connectivity index (χ0) is 39.3. The molecule has 5 rings (SSSR count). The van der Waals surface area contributed by atoms with Gasteiger partial charge in [-0.15, -0.1) is 0 Å². The van der Waals surface area contributed by atoms with Crippen LogP contribution >= 0.6 is 0 Å². The van der Waals surface area contributed by atoms with Gasteiger partial charge in [0.1, 0.15) is 11.1 Å². The zero-order valence-electron chi connectivity index (χ0n) is 30.0. The first-order valence-corrected chi connectivity index (χ1v) is 17.3. The number of carbonyl (C=O) groups excluding carboxylic acids is 6. The fraction of sp³-hybridized carbons (Fsp3) is 0.421. The van der Waals surface area contributed by atoms with Gasteiger partial charge in [0.2, 0.25) is 0 Å². The molecule has 16 heteroatoms. The molecular formula is C38H38O16-2. The van der Waals surface area contributed by atoms with Crippen LogP contribution in [0.2, 0.25) is 0 Å². The number of esters is 6. The fourth-order valence-corrected chi connectivity index (χ4v) is 6.13. The van der Waals surface area contributed by atoms with Gasteiger partial charge >= 0.3 is 35.8 Å². The SMILES string of the molecule is CCCC1(C)OC(=O)C(C=CC=CC=C2C(=O)OC3(CCC4(CC3)OC(=O)C(=CC=CC=CC3=C([O-])OC(C)(CCC)OC3=O)C(=O)O4)OC2=O)=C([O-])O1. The Hall–Kier alpha value is -6.06. The van der Waals surface area contributed by atoms with Gasteiger partial charge in [-0.25, -0.2) is 28.8 Å². The number of hydrogen-bond donors (Lipinski definition) is 0. The van der Waals surface area contributed by atoms with Gasteiger partial charge in [0.25, 0.3) is 11.6 Å². The van der Waals surface area contributed by atoms with Gasteiger partial charge in [-0.1, -0.05) is 63.1 Å². The van der Waals surface area contributed by atoms with Crippen LogP contribution in [0.1, 0.15) is 79.1 Å². The summed E-state index contributed by atoms with van der Waals surface area (Å²) in [6.45, 7) is 6.69. The summed E-state index contributed by atoms with van der Waals surface area (Å²) in [6, 6.07) is 0. The molecule has 2 spiro atoms. The third-order valence-corrected chi connectivity index (χ3v) is 8.79. The third kappa shape index (κ3) is 8.59. The molecule has 288 valence electrons. The lowest BCUT2D eigenvalue weighted by Crippen LogP contribution is -2.56. The summed E-state index contributed by atoms with van der Waals surface area (Å²) in [5, 5.41) is 24.6. The van der Waals surface area contributed by atoms with Gasteiger partial charge in [0, 0.05) is 25.7 Å². The number of hydrogen-bond acceptors (Lipinski definition) is 16. The van der Waals surface area contributed by atoms with Crippen molar-refractivity contribution in [3.63, 3.8) is 0 Å². The van der Waals surface area contributed by atoms with E-state index in [1.807, 2.05) is 13.8 Å². The molecule has 0 N–H and O–H groups in total. The summed E-state index contributed by atoms with van der Waals surface area (Å²) >= 11 is 0. The minimum absolute atomic E-state index is 0.149. The van der Waals surface area contributed by atoms with E-state index in [0.717, 1.165) is 12.2 Å². The van der Waals surface area contributed by atoms with Gasteiger partial charge in [-0.05, 0) is 51.0 Å². The number of carbonyl (C=O) groups is 6. The fourth-order valence-electron chi connectivity index (χ4n) is 6.13. The molecular weight excluding hydrogens is 712 g/mol. The van der Waals surface area contributed by atoms with E-state index in [2.05, 4.69) is 0 Å². The highest BCUT2D eigenvalue weighted by molar-refractivity contribution is 6.16. The van der Waals surface area contributed by atoms with Crippen molar-refractivity contribution in [1.82, 2.24) is 0 Å². The number of ether oxygens (including phenoxy) is 8. The Balaban J connectivity index is 1.13. The Kier molecular flexibility index (Phi) is 11.2. The van der Waals surface area contributed by atoms with Crippen molar-refractivity contribution in [3.05, 3.63) is 94.9 Å². The lowest BCUT2D eigenvalue weighted by atomic mass is 9.87. The predicted octanol–water partition coefficient (Wildman–Crippen LogP) is 2.55. The van der Waals surface area contributed by atoms with Crippen LogP contribution in [0.15, 0.2) is 94.9 Å². The van der Waals surface area contributed by atoms with Gasteiger partial charge in [0.15, 0.2) is 11.6 Å². The van der Waals surface area contributed by atoms with Crippen LogP contribution in [0, 0.1) is 0 Å². The Morgan fingerprint density at radius 3 is 1.11 bits per heavy atom. The normalized spacial score (nSPS) is 30.4. The second-order valence-corrected chi connectivity index (χ2v) is 13.2. The molecule has 1 saturated carbocycles. The largest absolute Gasteiger partial charge is 0.574 e. The molecule has 4 heterocycles. The molecule has 0 aromatic heterocycles. The van der Waals surface area contributed by atoms with Crippen molar-refractivity contribution in [2.45, 2.75) is 102 Å². The second-order valence-electron chi connectivity index (χ2n) is 13.2. The maximum atomic E-state index is 12.8. The zero-order valence-corrected chi connectivity index (χ0v) is 30.0. The molecule has 4 aliphatic heterocycles. The lowest BCUT2D eigenvalue weighted by Gasteiger charge is -2.45. The quantitative estimate of drug-likeness (QED) is 0.103. The molecule has 2 atom stereocenters. The van der Waals surface area contributed by atoms with E-state index in [4.69, 9.17) is 37.9 Å². The molecule has 3 fully saturated rings. The van der Waals surface area contributed by atoms with Crippen LogP contribution in [0.5, 0.6) is 0 Å². The highest BCUT2D eigenvalue weighted by atomic mass is 16.8. The highest BCUT2D eigenvalue weighted by Crippen LogP contribution is 2.45. The summed E-state index contributed by atoms with van der Waals surface area (Å²) < 4.78 is 42.9. The first kappa shape index (κ1) is 39.2. The Labute approximate surface area is 309 Å². The number of rotatable bonds is 10.